The van der Waals surface area contributed by atoms with Crippen molar-refractivity contribution in [1.82, 2.24) is 10.5 Å². The van der Waals surface area contributed by atoms with Gasteiger partial charge in [0.1, 0.15) is 11.6 Å². The van der Waals surface area contributed by atoms with Crippen LogP contribution in [0.4, 0.5) is 10.2 Å². The highest BCUT2D eigenvalue weighted by molar-refractivity contribution is 5.94. The molecule has 1 unspecified atom stereocenters. The molecule has 0 aliphatic rings. The Kier molecular flexibility index (Phi) is 5.46. The number of carbonyl (C=O) groups excluding carboxylic acids is 2. The van der Waals surface area contributed by atoms with Crippen molar-refractivity contribution in [2.75, 3.05) is 11.9 Å². The first-order valence-electron chi connectivity index (χ1n) is 7.19. The number of nitrogens with one attached hydrogen (secondary N) is 2. The fourth-order valence-corrected chi connectivity index (χ4v) is 2.02. The summed E-state index contributed by atoms with van der Waals surface area (Å²) >= 11 is 0. The molecule has 122 valence electrons. The van der Waals surface area contributed by atoms with Crippen LogP contribution in [-0.2, 0) is 16.0 Å². The van der Waals surface area contributed by atoms with Gasteiger partial charge in [-0.25, -0.2) is 4.39 Å². The van der Waals surface area contributed by atoms with Crippen molar-refractivity contribution < 1.29 is 18.5 Å². The molecule has 2 amide bonds. The van der Waals surface area contributed by atoms with E-state index in [0.29, 0.717) is 18.0 Å². The lowest BCUT2D eigenvalue weighted by atomic mass is 10.0. The van der Waals surface area contributed by atoms with Crippen LogP contribution in [0.3, 0.4) is 0 Å². The average molecular weight is 319 g/mol. The van der Waals surface area contributed by atoms with Crippen LogP contribution in [0.5, 0.6) is 0 Å². The van der Waals surface area contributed by atoms with E-state index in [1.165, 1.54) is 12.1 Å². The quantitative estimate of drug-likeness (QED) is 0.853. The molecular formula is C16H18FN3O3. The van der Waals surface area contributed by atoms with Crippen molar-refractivity contribution in [3.63, 3.8) is 0 Å². The lowest BCUT2D eigenvalue weighted by Gasteiger charge is -2.12. The molecule has 1 atom stereocenters. The maximum atomic E-state index is 12.8. The molecule has 2 aromatic rings. The fourth-order valence-electron chi connectivity index (χ4n) is 2.02. The highest BCUT2D eigenvalue weighted by Crippen LogP contribution is 2.10. The van der Waals surface area contributed by atoms with Crippen molar-refractivity contribution in [3.8, 4) is 0 Å². The van der Waals surface area contributed by atoms with Crippen LogP contribution in [0, 0.1) is 18.7 Å². The number of benzene rings is 1. The number of nitrogens with zero attached hydrogens (tertiary/aromatic N) is 1. The maximum Gasteiger partial charge on any atom is 0.245 e. The number of halogens is 1. The normalized spacial score (nSPS) is 11.8. The van der Waals surface area contributed by atoms with E-state index in [9.17, 15) is 14.0 Å². The zero-order valence-electron chi connectivity index (χ0n) is 12.9. The Morgan fingerprint density at radius 3 is 2.61 bits per heavy atom. The van der Waals surface area contributed by atoms with Crippen LogP contribution in [0.25, 0.3) is 0 Å². The van der Waals surface area contributed by atoms with E-state index >= 15 is 0 Å². The third-order valence-electron chi connectivity index (χ3n) is 3.22. The van der Waals surface area contributed by atoms with Crippen LogP contribution >= 0.6 is 0 Å². The number of carbonyl (C=O) groups is 2. The number of amides is 2. The number of rotatable bonds is 6. The first-order chi connectivity index (χ1) is 10.9. The SMILES string of the molecule is Cc1cc(NC(=O)CNC(=O)C(C)Cc2ccc(F)cc2)no1. The van der Waals surface area contributed by atoms with Crippen molar-refractivity contribution in [2.24, 2.45) is 5.92 Å². The molecule has 0 fully saturated rings. The Bertz CT molecular complexity index is 682. The fraction of sp³-hybridized carbons (Fsp3) is 0.312. The van der Waals surface area contributed by atoms with E-state index in [0.717, 1.165) is 5.56 Å². The molecule has 0 radical (unpaired) electrons. The number of hydrogen-bond acceptors (Lipinski definition) is 4. The second-order valence-electron chi connectivity index (χ2n) is 5.32. The predicted octanol–water partition coefficient (Wildman–Crippen LogP) is 2.06. The van der Waals surface area contributed by atoms with Gasteiger partial charge in [-0.3, -0.25) is 9.59 Å². The Hall–Kier alpha value is -2.70. The Labute approximate surface area is 133 Å². The third-order valence-corrected chi connectivity index (χ3v) is 3.22. The Morgan fingerprint density at radius 2 is 2.00 bits per heavy atom. The molecule has 0 aliphatic carbocycles. The van der Waals surface area contributed by atoms with Crippen molar-refractivity contribution in [2.45, 2.75) is 20.3 Å². The summed E-state index contributed by atoms with van der Waals surface area (Å²) < 4.78 is 17.7. The molecule has 0 aliphatic heterocycles. The Balaban J connectivity index is 1.77. The molecule has 6 nitrogen and oxygen atoms in total. The highest BCUT2D eigenvalue weighted by Gasteiger charge is 2.15. The standard InChI is InChI=1S/C16H18FN3O3/c1-10(7-12-3-5-13(17)6-4-12)16(22)18-9-15(21)19-14-8-11(2)23-20-14/h3-6,8,10H,7,9H2,1-2H3,(H,18,22)(H,19,20,21). The largest absolute Gasteiger partial charge is 0.360 e. The smallest absolute Gasteiger partial charge is 0.245 e. The lowest BCUT2D eigenvalue weighted by Crippen LogP contribution is -2.36. The molecule has 0 spiro atoms. The lowest BCUT2D eigenvalue weighted by molar-refractivity contribution is -0.126. The number of anilines is 1. The zero-order valence-corrected chi connectivity index (χ0v) is 12.9. The zero-order chi connectivity index (χ0) is 16.8. The minimum atomic E-state index is -0.388. The van der Waals surface area contributed by atoms with Crippen molar-refractivity contribution >= 4 is 17.6 Å². The molecule has 0 saturated carbocycles. The van der Waals surface area contributed by atoms with Gasteiger partial charge < -0.3 is 15.2 Å². The Morgan fingerprint density at radius 1 is 1.30 bits per heavy atom. The maximum absolute atomic E-state index is 12.8. The summed E-state index contributed by atoms with van der Waals surface area (Å²) in [5, 5.41) is 8.70. The van der Waals surface area contributed by atoms with Crippen LogP contribution < -0.4 is 10.6 Å². The van der Waals surface area contributed by atoms with Gasteiger partial charge >= 0.3 is 0 Å². The molecule has 1 aromatic heterocycles. The minimum Gasteiger partial charge on any atom is -0.360 e. The molecular weight excluding hydrogens is 301 g/mol. The molecule has 2 N–H and O–H groups in total. The molecule has 23 heavy (non-hydrogen) atoms. The predicted molar refractivity (Wildman–Crippen MR) is 82.1 cm³/mol. The highest BCUT2D eigenvalue weighted by atomic mass is 19.1. The second kappa shape index (κ2) is 7.53. The van der Waals surface area contributed by atoms with Crippen molar-refractivity contribution in [1.29, 1.82) is 0 Å². The first-order valence-corrected chi connectivity index (χ1v) is 7.19. The molecule has 0 saturated heterocycles. The molecule has 2 rings (SSSR count). The average Bonchev–Trinajstić information content (AvgIpc) is 2.92. The van der Waals surface area contributed by atoms with Gasteiger partial charge in [-0.1, -0.05) is 24.2 Å². The molecule has 0 bridgehead atoms. The van der Waals surface area contributed by atoms with E-state index in [-0.39, 0.29) is 30.1 Å². The summed E-state index contributed by atoms with van der Waals surface area (Å²) in [5.41, 5.74) is 0.858. The number of hydrogen-bond donors (Lipinski definition) is 2. The van der Waals surface area contributed by atoms with Gasteiger partial charge in [-0.05, 0) is 31.0 Å². The van der Waals surface area contributed by atoms with Gasteiger partial charge in [0, 0.05) is 12.0 Å². The van der Waals surface area contributed by atoms with Gasteiger partial charge in [0.2, 0.25) is 11.8 Å². The number of aromatic nitrogens is 1. The van der Waals surface area contributed by atoms with Crippen LogP contribution in [0.2, 0.25) is 0 Å². The van der Waals surface area contributed by atoms with E-state index in [1.807, 2.05) is 0 Å². The minimum absolute atomic E-state index is 0.154. The summed E-state index contributed by atoms with van der Waals surface area (Å²) in [5.74, 6) is -0.395. The van der Waals surface area contributed by atoms with E-state index in [4.69, 9.17) is 4.52 Å². The van der Waals surface area contributed by atoms with Gasteiger partial charge in [0.25, 0.3) is 0 Å². The molecule has 1 heterocycles. The second-order valence-corrected chi connectivity index (χ2v) is 5.32. The first kappa shape index (κ1) is 16.7. The monoisotopic (exact) mass is 319 g/mol. The van der Waals surface area contributed by atoms with E-state index < -0.39 is 0 Å². The summed E-state index contributed by atoms with van der Waals surface area (Å²) in [6.45, 7) is 3.30. The van der Waals surface area contributed by atoms with E-state index in [2.05, 4.69) is 15.8 Å². The van der Waals surface area contributed by atoms with Crippen LogP contribution in [-0.4, -0.2) is 23.5 Å². The third kappa shape index (κ3) is 5.21. The summed E-state index contributed by atoms with van der Waals surface area (Å²) in [6.07, 6.45) is 0.468. The van der Waals surface area contributed by atoms with Crippen molar-refractivity contribution in [3.05, 3.63) is 47.5 Å². The van der Waals surface area contributed by atoms with E-state index in [1.54, 1.807) is 32.0 Å². The molecule has 7 heteroatoms. The summed E-state index contributed by atoms with van der Waals surface area (Å²) in [7, 11) is 0. The van der Waals surface area contributed by atoms with Gasteiger partial charge in [-0.15, -0.1) is 0 Å². The topological polar surface area (TPSA) is 84.2 Å². The summed E-state index contributed by atoms with van der Waals surface area (Å²) in [4.78, 5) is 23.7. The molecule has 1 aromatic carbocycles. The van der Waals surface area contributed by atoms with Gasteiger partial charge in [0.15, 0.2) is 5.82 Å². The van der Waals surface area contributed by atoms with Gasteiger partial charge in [0.05, 0.1) is 6.54 Å². The number of aryl methyl sites for hydroxylation is 1. The summed E-state index contributed by atoms with van der Waals surface area (Å²) in [6, 6.07) is 7.56. The van der Waals surface area contributed by atoms with Gasteiger partial charge in [-0.2, -0.15) is 0 Å². The van der Waals surface area contributed by atoms with Crippen LogP contribution in [0.1, 0.15) is 18.2 Å². The van der Waals surface area contributed by atoms with Crippen LogP contribution in [0.15, 0.2) is 34.9 Å².